The summed E-state index contributed by atoms with van der Waals surface area (Å²) in [5, 5.41) is 0. The molecule has 0 amide bonds. The second kappa shape index (κ2) is 3.56. The molecule has 0 aliphatic carbocycles. The van der Waals surface area contributed by atoms with Crippen LogP contribution in [0.3, 0.4) is 0 Å². The molecule has 0 heterocycles. The summed E-state index contributed by atoms with van der Waals surface area (Å²) in [6.45, 7) is 5.69. The summed E-state index contributed by atoms with van der Waals surface area (Å²) in [6, 6.07) is 0. The van der Waals surface area contributed by atoms with E-state index in [0.29, 0.717) is 13.0 Å². The van der Waals surface area contributed by atoms with Crippen LogP contribution in [-0.4, -0.2) is 18.1 Å². The Labute approximate surface area is 61.5 Å². The number of esters is 1. The van der Waals surface area contributed by atoms with Gasteiger partial charge in [-0.05, 0) is 20.3 Å². The number of hydrogen-bond donors (Lipinski definition) is 1. The number of carbonyl (C=O) groups excluding carboxylic acids is 1. The minimum absolute atomic E-state index is 0.322. The van der Waals surface area contributed by atoms with Gasteiger partial charge in [0.2, 0.25) is 0 Å². The molecule has 3 nitrogen and oxygen atoms in total. The van der Waals surface area contributed by atoms with Crippen LogP contribution in [0.4, 0.5) is 0 Å². The van der Waals surface area contributed by atoms with Crippen molar-refractivity contribution in [3.63, 3.8) is 0 Å². The van der Waals surface area contributed by atoms with Gasteiger partial charge >= 0.3 is 5.97 Å². The molecule has 0 aromatic heterocycles. The van der Waals surface area contributed by atoms with E-state index < -0.39 is 5.54 Å². The summed E-state index contributed by atoms with van der Waals surface area (Å²) in [7, 11) is 0. The number of carbonyl (C=O) groups is 1. The van der Waals surface area contributed by atoms with Gasteiger partial charge in [-0.1, -0.05) is 6.92 Å². The van der Waals surface area contributed by atoms with Gasteiger partial charge in [-0.25, -0.2) is 0 Å². The molecule has 0 spiro atoms. The van der Waals surface area contributed by atoms with Crippen molar-refractivity contribution in [3.05, 3.63) is 0 Å². The van der Waals surface area contributed by atoms with Gasteiger partial charge in [0.15, 0.2) is 0 Å². The molecule has 0 aliphatic heterocycles. The van der Waals surface area contributed by atoms with Crippen molar-refractivity contribution in [1.29, 1.82) is 0 Å². The molecular formula is C7H15NO2. The molecule has 60 valence electrons. The third-order valence-corrected chi connectivity index (χ3v) is 1.48. The highest BCUT2D eigenvalue weighted by Crippen LogP contribution is 2.06. The van der Waals surface area contributed by atoms with Crippen LogP contribution in [0.5, 0.6) is 0 Å². The first kappa shape index (κ1) is 9.43. The van der Waals surface area contributed by atoms with Crippen molar-refractivity contribution in [2.75, 3.05) is 6.61 Å². The standard InChI is InChI=1S/C7H15NO2/c1-4-7(3,8)6(9)10-5-2/h4-5,8H2,1-3H3/t7-/m1/s1. The highest BCUT2D eigenvalue weighted by Gasteiger charge is 2.26. The minimum atomic E-state index is -0.810. The number of hydrogen-bond acceptors (Lipinski definition) is 3. The monoisotopic (exact) mass is 145 g/mol. The van der Waals surface area contributed by atoms with Crippen LogP contribution in [0.15, 0.2) is 0 Å². The SMILES string of the molecule is CCOC(=O)[C@](C)(N)CC. The number of rotatable bonds is 3. The smallest absolute Gasteiger partial charge is 0.325 e. The molecule has 0 saturated heterocycles. The van der Waals surface area contributed by atoms with E-state index in [1.807, 2.05) is 6.92 Å². The van der Waals surface area contributed by atoms with Crippen molar-refractivity contribution in [3.8, 4) is 0 Å². The molecule has 0 rings (SSSR count). The maximum absolute atomic E-state index is 10.9. The Hall–Kier alpha value is -0.570. The molecule has 0 radical (unpaired) electrons. The lowest BCUT2D eigenvalue weighted by Crippen LogP contribution is -2.45. The van der Waals surface area contributed by atoms with E-state index in [1.165, 1.54) is 0 Å². The lowest BCUT2D eigenvalue weighted by Gasteiger charge is -2.19. The average Bonchev–Trinajstić information content (AvgIpc) is 1.89. The van der Waals surface area contributed by atoms with Crippen LogP contribution in [0, 0.1) is 0 Å². The van der Waals surface area contributed by atoms with E-state index >= 15 is 0 Å². The molecule has 0 saturated carbocycles. The van der Waals surface area contributed by atoms with Crippen molar-refractivity contribution in [2.24, 2.45) is 5.73 Å². The van der Waals surface area contributed by atoms with E-state index in [9.17, 15) is 4.79 Å². The van der Waals surface area contributed by atoms with E-state index in [1.54, 1.807) is 13.8 Å². The molecule has 0 bridgehead atoms. The Morgan fingerprint density at radius 3 is 2.40 bits per heavy atom. The summed E-state index contributed by atoms with van der Waals surface area (Å²) in [4.78, 5) is 10.9. The van der Waals surface area contributed by atoms with Crippen molar-refractivity contribution in [2.45, 2.75) is 32.7 Å². The van der Waals surface area contributed by atoms with Gasteiger partial charge in [-0.2, -0.15) is 0 Å². The quantitative estimate of drug-likeness (QED) is 0.594. The van der Waals surface area contributed by atoms with Gasteiger partial charge in [0.1, 0.15) is 5.54 Å². The molecule has 0 unspecified atom stereocenters. The highest BCUT2D eigenvalue weighted by atomic mass is 16.5. The van der Waals surface area contributed by atoms with Crippen LogP contribution >= 0.6 is 0 Å². The van der Waals surface area contributed by atoms with E-state index in [0.717, 1.165) is 0 Å². The zero-order valence-corrected chi connectivity index (χ0v) is 6.81. The fourth-order valence-corrected chi connectivity index (χ4v) is 0.440. The normalized spacial score (nSPS) is 16.0. The molecule has 0 aromatic rings. The van der Waals surface area contributed by atoms with Crippen LogP contribution < -0.4 is 5.73 Å². The topological polar surface area (TPSA) is 52.3 Å². The van der Waals surface area contributed by atoms with Crippen LogP contribution in [-0.2, 0) is 9.53 Å². The first-order chi connectivity index (χ1) is 4.54. The van der Waals surface area contributed by atoms with Gasteiger partial charge in [-0.3, -0.25) is 4.79 Å². The summed E-state index contributed by atoms with van der Waals surface area (Å²) in [6.07, 6.45) is 0.603. The van der Waals surface area contributed by atoms with E-state index in [-0.39, 0.29) is 5.97 Å². The van der Waals surface area contributed by atoms with Crippen molar-refractivity contribution >= 4 is 5.97 Å². The van der Waals surface area contributed by atoms with E-state index in [4.69, 9.17) is 10.5 Å². The third-order valence-electron chi connectivity index (χ3n) is 1.48. The molecule has 0 fully saturated rings. The molecule has 0 aromatic carbocycles. The second-order valence-electron chi connectivity index (χ2n) is 2.49. The Morgan fingerprint density at radius 1 is 1.60 bits per heavy atom. The number of ether oxygens (including phenoxy) is 1. The maximum Gasteiger partial charge on any atom is 0.325 e. The summed E-state index contributed by atoms with van der Waals surface area (Å²) < 4.78 is 4.73. The maximum atomic E-state index is 10.9. The highest BCUT2D eigenvalue weighted by molar-refractivity contribution is 5.79. The van der Waals surface area contributed by atoms with Crippen molar-refractivity contribution < 1.29 is 9.53 Å². The third kappa shape index (κ3) is 2.35. The summed E-state index contributed by atoms with van der Waals surface area (Å²) >= 11 is 0. The Balaban J connectivity index is 3.91. The fraction of sp³-hybridized carbons (Fsp3) is 0.857. The Bertz CT molecular complexity index is 121. The van der Waals surface area contributed by atoms with Crippen LogP contribution in [0.25, 0.3) is 0 Å². The largest absolute Gasteiger partial charge is 0.465 e. The molecule has 10 heavy (non-hydrogen) atoms. The molecule has 3 heteroatoms. The summed E-state index contributed by atoms with van der Waals surface area (Å²) in [5.74, 6) is -0.322. The van der Waals surface area contributed by atoms with Gasteiger partial charge in [0, 0.05) is 0 Å². The predicted molar refractivity (Wildman–Crippen MR) is 39.5 cm³/mol. The molecular weight excluding hydrogens is 130 g/mol. The molecule has 2 N–H and O–H groups in total. The lowest BCUT2D eigenvalue weighted by molar-refractivity contribution is -0.149. The van der Waals surface area contributed by atoms with Gasteiger partial charge < -0.3 is 10.5 Å². The summed E-state index contributed by atoms with van der Waals surface area (Å²) in [5.41, 5.74) is 4.76. The zero-order valence-electron chi connectivity index (χ0n) is 6.81. The van der Waals surface area contributed by atoms with Crippen molar-refractivity contribution in [1.82, 2.24) is 0 Å². The first-order valence-corrected chi connectivity index (χ1v) is 3.50. The van der Waals surface area contributed by atoms with Gasteiger partial charge in [0.25, 0.3) is 0 Å². The van der Waals surface area contributed by atoms with Gasteiger partial charge in [0.05, 0.1) is 6.61 Å². The fourth-order valence-electron chi connectivity index (χ4n) is 0.440. The Kier molecular flexibility index (Phi) is 3.36. The second-order valence-corrected chi connectivity index (χ2v) is 2.49. The average molecular weight is 145 g/mol. The van der Waals surface area contributed by atoms with E-state index in [2.05, 4.69) is 0 Å². The molecule has 0 aliphatic rings. The van der Waals surface area contributed by atoms with Gasteiger partial charge in [-0.15, -0.1) is 0 Å². The number of nitrogens with two attached hydrogens (primary N) is 1. The molecule has 1 atom stereocenters. The zero-order chi connectivity index (χ0) is 8.20. The van der Waals surface area contributed by atoms with Crippen LogP contribution in [0.1, 0.15) is 27.2 Å². The first-order valence-electron chi connectivity index (χ1n) is 3.50. The van der Waals surface area contributed by atoms with Crippen LogP contribution in [0.2, 0.25) is 0 Å². The predicted octanol–water partition coefficient (Wildman–Crippen LogP) is 0.677. The Morgan fingerprint density at radius 2 is 2.10 bits per heavy atom. The lowest BCUT2D eigenvalue weighted by atomic mass is 10.0. The minimum Gasteiger partial charge on any atom is -0.465 e.